The molecule has 356 valence electrons. The number of aromatic nitrogens is 6. The van der Waals surface area contributed by atoms with Crippen LogP contribution in [-0.4, -0.2) is 59.1 Å². The van der Waals surface area contributed by atoms with E-state index in [1.807, 2.05) is 60.8 Å². The van der Waals surface area contributed by atoms with Gasteiger partial charge in [0.15, 0.2) is 11.6 Å². The van der Waals surface area contributed by atoms with Gasteiger partial charge >= 0.3 is 5.97 Å². The zero-order valence-corrected chi connectivity index (χ0v) is 40.6. The van der Waals surface area contributed by atoms with Crippen LogP contribution in [-0.2, 0) is 12.8 Å². The van der Waals surface area contributed by atoms with Gasteiger partial charge in [-0.2, -0.15) is 0 Å². The Kier molecular flexibility index (Phi) is 16.1. The Hall–Kier alpha value is -6.98. The molecule has 2 fully saturated rings. The molecule has 11 heteroatoms. The maximum absolute atomic E-state index is 12.9. The molecule has 0 unspecified atom stereocenters. The van der Waals surface area contributed by atoms with E-state index < -0.39 is 5.97 Å². The molecule has 0 saturated heterocycles. The molecule has 2 aliphatic carbocycles. The number of amides is 1. The van der Waals surface area contributed by atoms with E-state index in [-0.39, 0.29) is 11.5 Å². The minimum Gasteiger partial charge on any atom is -0.478 e. The summed E-state index contributed by atoms with van der Waals surface area (Å²) in [5.74, 6) is 0.746. The van der Waals surface area contributed by atoms with E-state index >= 15 is 0 Å². The van der Waals surface area contributed by atoms with Gasteiger partial charge in [-0.05, 0) is 167 Å². The normalized spacial score (nSPS) is 14.2. The number of carbonyl (C=O) groups excluding carboxylic acids is 1. The van der Waals surface area contributed by atoms with Crippen molar-refractivity contribution in [3.8, 4) is 23.0 Å². The van der Waals surface area contributed by atoms with Crippen LogP contribution >= 0.6 is 0 Å². The first kappa shape index (κ1) is 48.5. The first-order chi connectivity index (χ1) is 33.6. The average molecular weight is 923 g/mol. The smallest absolute Gasteiger partial charge is 0.335 e. The van der Waals surface area contributed by atoms with Gasteiger partial charge in [0.2, 0.25) is 0 Å². The fourth-order valence-electron chi connectivity index (χ4n) is 9.75. The number of carboxylic acid groups (broad SMARTS) is 1. The number of nitrogens with two attached hydrogens (primary N) is 1. The Balaban J connectivity index is 0.000000158. The van der Waals surface area contributed by atoms with Gasteiger partial charge in [-0.15, -0.1) is 0 Å². The van der Waals surface area contributed by atoms with Crippen LogP contribution in [0.1, 0.15) is 130 Å². The number of hydrogen-bond donors (Lipinski definition) is 3. The van der Waals surface area contributed by atoms with Crippen LogP contribution < -0.4 is 11.1 Å². The van der Waals surface area contributed by atoms with Crippen molar-refractivity contribution in [3.63, 3.8) is 0 Å². The number of pyridine rings is 2. The van der Waals surface area contributed by atoms with Gasteiger partial charge < -0.3 is 25.3 Å². The number of nitrogens with zero attached hydrogens (tertiary/aromatic N) is 6. The molecule has 4 aromatic heterocycles. The lowest BCUT2D eigenvalue weighted by molar-refractivity contribution is 0.0696. The van der Waals surface area contributed by atoms with Crippen LogP contribution in [0.3, 0.4) is 0 Å². The number of hydrogen-bond acceptors (Lipinski definition) is 7. The van der Waals surface area contributed by atoms with Crippen LogP contribution in [0.4, 0.5) is 0 Å². The van der Waals surface area contributed by atoms with E-state index in [9.17, 15) is 14.7 Å². The second-order valence-electron chi connectivity index (χ2n) is 18.7. The third-order valence-corrected chi connectivity index (χ3v) is 13.8. The molecule has 0 bridgehead atoms. The number of carboxylic acids is 1. The molecule has 4 N–H and O–H groups in total. The van der Waals surface area contributed by atoms with Crippen molar-refractivity contribution in [1.29, 1.82) is 0 Å². The third kappa shape index (κ3) is 11.8. The Bertz CT molecular complexity index is 3000. The number of aryl methyl sites for hydroxylation is 4. The van der Waals surface area contributed by atoms with Crippen molar-refractivity contribution < 1.29 is 14.7 Å². The van der Waals surface area contributed by atoms with Gasteiger partial charge in [0.1, 0.15) is 11.4 Å². The minimum absolute atomic E-state index is 0.0580. The molecular weight excluding hydrogens is 857 g/mol. The first-order valence-electron chi connectivity index (χ1n) is 24.8. The third-order valence-electron chi connectivity index (χ3n) is 13.8. The topological polar surface area (TPSA) is 154 Å². The highest BCUT2D eigenvalue weighted by molar-refractivity contribution is 5.98. The Morgan fingerprint density at radius 3 is 1.51 bits per heavy atom. The summed E-state index contributed by atoms with van der Waals surface area (Å²) in [5, 5.41) is 12.3. The molecular formula is C58H66N8O3. The summed E-state index contributed by atoms with van der Waals surface area (Å²) in [4.78, 5) is 42.9. The van der Waals surface area contributed by atoms with E-state index in [1.54, 1.807) is 18.3 Å². The van der Waals surface area contributed by atoms with Crippen molar-refractivity contribution in [3.05, 3.63) is 166 Å². The molecule has 0 atom stereocenters. The maximum Gasteiger partial charge on any atom is 0.335 e. The lowest BCUT2D eigenvalue weighted by Crippen LogP contribution is -2.25. The van der Waals surface area contributed by atoms with Crippen molar-refractivity contribution in [2.75, 3.05) is 13.1 Å². The van der Waals surface area contributed by atoms with Crippen molar-refractivity contribution in [2.45, 2.75) is 117 Å². The van der Waals surface area contributed by atoms with E-state index in [0.29, 0.717) is 24.2 Å². The predicted molar refractivity (Wildman–Crippen MR) is 278 cm³/mol. The minimum atomic E-state index is -0.927. The van der Waals surface area contributed by atoms with E-state index in [0.717, 1.165) is 90.2 Å². The van der Waals surface area contributed by atoms with E-state index in [1.165, 1.54) is 71.9 Å². The second kappa shape index (κ2) is 22.9. The van der Waals surface area contributed by atoms with E-state index in [2.05, 4.69) is 94.6 Å². The first-order valence-corrected chi connectivity index (χ1v) is 24.8. The van der Waals surface area contributed by atoms with Crippen LogP contribution in [0.15, 0.2) is 122 Å². The molecule has 2 saturated carbocycles. The number of rotatable bonds is 11. The number of imidazole rings is 2. The largest absolute Gasteiger partial charge is 0.478 e. The second-order valence-corrected chi connectivity index (χ2v) is 18.7. The predicted octanol–water partition coefficient (Wildman–Crippen LogP) is 12.3. The van der Waals surface area contributed by atoms with Crippen LogP contribution in [0, 0.1) is 27.7 Å². The van der Waals surface area contributed by atoms with Gasteiger partial charge in [0.05, 0.1) is 27.6 Å². The molecule has 0 aliphatic heterocycles. The lowest BCUT2D eigenvalue weighted by Gasteiger charge is -2.25. The lowest BCUT2D eigenvalue weighted by atomic mass is 9.95. The molecule has 69 heavy (non-hydrogen) atoms. The highest BCUT2D eigenvalue weighted by atomic mass is 16.4. The highest BCUT2D eigenvalue weighted by Gasteiger charge is 2.25. The van der Waals surface area contributed by atoms with Crippen LogP contribution in [0.2, 0.25) is 0 Å². The summed E-state index contributed by atoms with van der Waals surface area (Å²) in [6.45, 7) is 9.85. The molecule has 1 amide bonds. The average Bonchev–Trinajstić information content (AvgIpc) is 3.97. The number of nitrogens with one attached hydrogen (secondary N) is 1. The molecule has 11 nitrogen and oxygen atoms in total. The van der Waals surface area contributed by atoms with Gasteiger partial charge in [-0.25, -0.2) is 14.8 Å². The maximum atomic E-state index is 12.9. The van der Waals surface area contributed by atoms with Gasteiger partial charge in [0.25, 0.3) is 5.91 Å². The van der Waals surface area contributed by atoms with Crippen LogP contribution in [0.5, 0.6) is 0 Å². The van der Waals surface area contributed by atoms with Crippen LogP contribution in [0.25, 0.3) is 45.1 Å². The summed E-state index contributed by atoms with van der Waals surface area (Å²) in [7, 11) is 0. The molecule has 4 aromatic carbocycles. The van der Waals surface area contributed by atoms with Gasteiger partial charge in [-0.3, -0.25) is 14.8 Å². The fraction of sp³-hybridized carbons (Fsp3) is 0.345. The molecule has 4 heterocycles. The number of benzene rings is 4. The Morgan fingerprint density at radius 2 is 1.06 bits per heavy atom. The van der Waals surface area contributed by atoms with Crippen molar-refractivity contribution in [2.24, 2.45) is 5.73 Å². The molecule has 0 radical (unpaired) electrons. The van der Waals surface area contributed by atoms with Gasteiger partial charge in [0, 0.05) is 36.6 Å². The summed E-state index contributed by atoms with van der Waals surface area (Å²) >= 11 is 0. The summed E-state index contributed by atoms with van der Waals surface area (Å²) < 4.78 is 4.63. The summed E-state index contributed by atoms with van der Waals surface area (Å²) in [6, 6.07) is 36.7. The fourth-order valence-corrected chi connectivity index (χ4v) is 9.75. The number of aromatic carboxylic acids is 1. The molecule has 10 rings (SSSR count). The number of fused-ring (bicyclic) bond motifs is 2. The zero-order valence-electron chi connectivity index (χ0n) is 40.6. The summed E-state index contributed by atoms with van der Waals surface area (Å²) in [6.07, 6.45) is 17.5. The monoisotopic (exact) mass is 923 g/mol. The quantitative estimate of drug-likeness (QED) is 0.116. The number of carbonyl (C=O) groups is 2. The van der Waals surface area contributed by atoms with Gasteiger partial charge in [-0.1, -0.05) is 87.1 Å². The van der Waals surface area contributed by atoms with Crippen molar-refractivity contribution in [1.82, 2.24) is 34.4 Å². The Morgan fingerprint density at radius 1 is 0.580 bits per heavy atom. The van der Waals surface area contributed by atoms with E-state index in [4.69, 9.17) is 15.7 Å². The zero-order chi connectivity index (χ0) is 48.3. The highest BCUT2D eigenvalue weighted by Crippen LogP contribution is 2.37. The molecule has 0 spiro atoms. The summed E-state index contributed by atoms with van der Waals surface area (Å²) in [5.41, 5.74) is 19.6. The standard InChI is InChI=1S/C29H32N4O.C19H19N3O2.C10H15N/c1-20-11-12-22(18-21(20)2)15-17-31-29(34)23-13-14-27-26(19-23)32-28(25-10-6-7-16-30-25)33(27)24-8-4-3-5-9-24;23-19(24)13-9-10-17-16(12-13)21-18(15-8-4-5-11-20-15)22(17)14-6-2-1-3-7-14;1-8-3-4-10(5-6-11)7-9(8)2/h6-7,10-14,16,18-19,24H,3-5,8-9,15,17H2,1-2H3,(H,31,34);4-5,8-12,14H,1-3,6-7H2,(H,23,24);3-4,7H,5-6,11H2,1-2H3. The SMILES string of the molecule is Cc1ccc(CCN)cc1C.Cc1ccc(CCNC(=O)c2ccc3c(c2)nc(-c2ccccn2)n3C2CCCCC2)cc1C.O=C(O)c1ccc2c(c1)nc(-c1ccccn1)n2C1CCCCC1. The molecule has 2 aliphatic rings. The van der Waals surface area contributed by atoms with Crippen molar-refractivity contribution >= 4 is 33.9 Å². The Labute approximate surface area is 406 Å². The molecule has 8 aromatic rings.